The molecule has 3 aromatic heterocycles. The number of aromatic nitrogens is 5. The Bertz CT molecular complexity index is 1300. The predicted octanol–water partition coefficient (Wildman–Crippen LogP) is 3.70. The maximum atomic E-state index is 6.68. The number of nitrogen functional groups attached to an aromatic ring is 1. The van der Waals surface area contributed by atoms with Crippen LogP contribution in [0.4, 0.5) is 11.6 Å². The third kappa shape index (κ3) is 3.66. The minimum atomic E-state index is 0.137. The van der Waals surface area contributed by atoms with E-state index in [9.17, 15) is 0 Å². The minimum Gasteiger partial charge on any atom is -0.383 e. The molecule has 0 radical (unpaired) electrons. The van der Waals surface area contributed by atoms with E-state index in [0.717, 1.165) is 64.3 Å². The van der Waals surface area contributed by atoms with Gasteiger partial charge >= 0.3 is 0 Å². The first-order chi connectivity index (χ1) is 14.9. The van der Waals surface area contributed by atoms with Crippen LogP contribution in [0.3, 0.4) is 0 Å². The quantitative estimate of drug-likeness (QED) is 0.399. The van der Waals surface area contributed by atoms with E-state index in [2.05, 4.69) is 26.8 Å². The van der Waals surface area contributed by atoms with Crippen molar-refractivity contribution in [3.05, 3.63) is 34.7 Å². The number of nitrogens with one attached hydrogen (secondary N) is 1. The maximum Gasteiger partial charge on any atom is 0.196 e. The second-order valence-electron chi connectivity index (χ2n) is 7.76. The Morgan fingerprint density at radius 3 is 2.84 bits per heavy atom. The number of aromatic amines is 1. The van der Waals surface area contributed by atoms with E-state index >= 15 is 0 Å². The Hall–Kier alpha value is -2.62. The van der Waals surface area contributed by atoms with Gasteiger partial charge in [-0.2, -0.15) is 0 Å². The van der Waals surface area contributed by atoms with Gasteiger partial charge < -0.3 is 21.4 Å². The van der Waals surface area contributed by atoms with Gasteiger partial charge in [-0.05, 0) is 49.7 Å². The molecule has 0 spiro atoms. The number of aryl methyl sites for hydroxylation is 2. The SMILES string of the molecule is CCc1[nH]c2nc(Sc3ccc4c(N)nc(C)nc4c3)nc(N3CC[C@@H](N)C3)c2c1Cl. The summed E-state index contributed by atoms with van der Waals surface area (Å²) >= 11 is 8.16. The number of nitrogens with zero attached hydrogens (tertiary/aromatic N) is 5. The summed E-state index contributed by atoms with van der Waals surface area (Å²) in [5.41, 5.74) is 14.7. The molecule has 31 heavy (non-hydrogen) atoms. The number of benzene rings is 1. The van der Waals surface area contributed by atoms with E-state index in [1.165, 1.54) is 11.8 Å². The Kier molecular flexibility index (Phi) is 5.11. The summed E-state index contributed by atoms with van der Waals surface area (Å²) in [5, 5.41) is 3.04. The lowest BCUT2D eigenvalue weighted by Gasteiger charge is -2.18. The summed E-state index contributed by atoms with van der Waals surface area (Å²) in [4.78, 5) is 25.0. The Labute approximate surface area is 188 Å². The third-order valence-corrected chi connectivity index (χ3v) is 6.79. The molecule has 1 aliphatic heterocycles. The fraction of sp³-hybridized carbons (Fsp3) is 0.333. The molecule has 0 unspecified atom stereocenters. The molecule has 1 aromatic carbocycles. The number of fused-ring (bicyclic) bond motifs is 2. The van der Waals surface area contributed by atoms with Crippen LogP contribution in [0.2, 0.25) is 5.02 Å². The number of anilines is 2. The summed E-state index contributed by atoms with van der Waals surface area (Å²) < 4.78 is 0. The lowest BCUT2D eigenvalue weighted by molar-refractivity contribution is 0.751. The van der Waals surface area contributed by atoms with Gasteiger partial charge in [0.15, 0.2) is 5.16 Å². The summed E-state index contributed by atoms with van der Waals surface area (Å²) in [5.74, 6) is 1.97. The Morgan fingerprint density at radius 1 is 1.26 bits per heavy atom. The fourth-order valence-electron chi connectivity index (χ4n) is 3.99. The molecule has 0 saturated carbocycles. The van der Waals surface area contributed by atoms with Gasteiger partial charge in [-0.1, -0.05) is 18.5 Å². The highest BCUT2D eigenvalue weighted by Gasteiger charge is 2.26. The zero-order valence-electron chi connectivity index (χ0n) is 17.3. The monoisotopic (exact) mass is 454 g/mol. The normalized spacial score (nSPS) is 16.6. The van der Waals surface area contributed by atoms with E-state index in [4.69, 9.17) is 33.0 Å². The van der Waals surface area contributed by atoms with Gasteiger partial charge in [0.1, 0.15) is 23.1 Å². The van der Waals surface area contributed by atoms with E-state index in [0.29, 0.717) is 21.8 Å². The molecule has 160 valence electrons. The van der Waals surface area contributed by atoms with Gasteiger partial charge in [0.2, 0.25) is 0 Å². The van der Waals surface area contributed by atoms with Gasteiger partial charge in [0.25, 0.3) is 0 Å². The zero-order chi connectivity index (χ0) is 21.7. The Morgan fingerprint density at radius 2 is 2.10 bits per heavy atom. The van der Waals surface area contributed by atoms with E-state index in [1.807, 2.05) is 25.1 Å². The topological polar surface area (TPSA) is 123 Å². The molecule has 1 saturated heterocycles. The highest BCUT2D eigenvalue weighted by molar-refractivity contribution is 7.99. The van der Waals surface area contributed by atoms with Gasteiger partial charge in [-0.3, -0.25) is 0 Å². The first-order valence-corrected chi connectivity index (χ1v) is 11.4. The Balaban J connectivity index is 1.59. The molecule has 1 atom stereocenters. The van der Waals surface area contributed by atoms with Gasteiger partial charge in [0.05, 0.1) is 15.9 Å². The molecular weight excluding hydrogens is 432 g/mol. The largest absolute Gasteiger partial charge is 0.383 e. The van der Waals surface area contributed by atoms with Crippen molar-refractivity contribution in [3.63, 3.8) is 0 Å². The average molecular weight is 455 g/mol. The van der Waals surface area contributed by atoms with Crippen LogP contribution < -0.4 is 16.4 Å². The molecule has 0 aliphatic carbocycles. The second kappa shape index (κ2) is 7.81. The predicted molar refractivity (Wildman–Crippen MR) is 126 cm³/mol. The second-order valence-corrected chi connectivity index (χ2v) is 9.17. The van der Waals surface area contributed by atoms with Crippen LogP contribution in [0.25, 0.3) is 21.9 Å². The van der Waals surface area contributed by atoms with Crippen molar-refractivity contribution < 1.29 is 0 Å². The van der Waals surface area contributed by atoms with Crippen LogP contribution in [0.1, 0.15) is 24.9 Å². The summed E-state index contributed by atoms with van der Waals surface area (Å²) in [6.07, 6.45) is 1.73. The number of rotatable bonds is 4. The minimum absolute atomic E-state index is 0.137. The first-order valence-electron chi connectivity index (χ1n) is 10.2. The van der Waals surface area contributed by atoms with Crippen LogP contribution in [0.5, 0.6) is 0 Å². The molecule has 4 aromatic rings. The molecule has 4 heterocycles. The summed E-state index contributed by atoms with van der Waals surface area (Å²) in [7, 11) is 0. The molecular formula is C21H23ClN8S. The van der Waals surface area contributed by atoms with Gasteiger partial charge in [0, 0.05) is 35.1 Å². The van der Waals surface area contributed by atoms with Crippen molar-refractivity contribution in [3.8, 4) is 0 Å². The fourth-order valence-corrected chi connectivity index (χ4v) is 5.13. The van der Waals surface area contributed by atoms with Gasteiger partial charge in [-0.15, -0.1) is 0 Å². The molecule has 1 aliphatic rings. The molecule has 8 nitrogen and oxygen atoms in total. The number of nitrogens with two attached hydrogens (primary N) is 2. The highest BCUT2D eigenvalue weighted by Crippen LogP contribution is 2.38. The summed E-state index contributed by atoms with van der Waals surface area (Å²) in [6, 6.07) is 6.05. The van der Waals surface area contributed by atoms with E-state index in [1.54, 1.807) is 0 Å². The molecule has 10 heteroatoms. The molecule has 5 N–H and O–H groups in total. The van der Waals surface area contributed by atoms with Crippen molar-refractivity contribution in [1.82, 2.24) is 24.9 Å². The number of halogens is 1. The number of hydrogen-bond donors (Lipinski definition) is 3. The van der Waals surface area contributed by atoms with E-state index < -0.39 is 0 Å². The van der Waals surface area contributed by atoms with Crippen LogP contribution in [0, 0.1) is 6.92 Å². The van der Waals surface area contributed by atoms with Crippen LogP contribution in [0.15, 0.2) is 28.3 Å². The lowest BCUT2D eigenvalue weighted by Crippen LogP contribution is -2.27. The van der Waals surface area contributed by atoms with Crippen molar-refractivity contribution in [2.24, 2.45) is 5.73 Å². The lowest BCUT2D eigenvalue weighted by atomic mass is 10.2. The first kappa shape index (κ1) is 20.3. The number of H-pyrrole nitrogens is 1. The summed E-state index contributed by atoms with van der Waals surface area (Å²) in [6.45, 7) is 5.51. The van der Waals surface area contributed by atoms with Crippen molar-refractivity contribution in [2.45, 2.75) is 42.8 Å². The molecule has 5 rings (SSSR count). The maximum absolute atomic E-state index is 6.68. The number of hydrogen-bond acceptors (Lipinski definition) is 8. The highest BCUT2D eigenvalue weighted by atomic mass is 35.5. The van der Waals surface area contributed by atoms with Crippen LogP contribution >= 0.6 is 23.4 Å². The van der Waals surface area contributed by atoms with Crippen LogP contribution in [-0.2, 0) is 6.42 Å². The third-order valence-electron chi connectivity index (χ3n) is 5.52. The van der Waals surface area contributed by atoms with Crippen LogP contribution in [-0.4, -0.2) is 44.1 Å². The van der Waals surface area contributed by atoms with E-state index in [-0.39, 0.29) is 6.04 Å². The van der Waals surface area contributed by atoms with Crippen molar-refractivity contribution in [1.29, 1.82) is 0 Å². The average Bonchev–Trinajstić information content (AvgIpc) is 3.30. The standard InChI is InChI=1S/C21H23ClN8S/c1-3-14-17(22)16-19(27-14)28-21(29-20(16)30-7-6-11(23)9-30)31-12-4-5-13-15(8-12)25-10(2)26-18(13)24/h4-5,8,11H,3,6-7,9,23H2,1-2H3,(H2,24,25,26)(H,27,28,29)/t11-/m1/s1. The smallest absolute Gasteiger partial charge is 0.196 e. The van der Waals surface area contributed by atoms with Crippen molar-refractivity contribution >= 4 is 56.9 Å². The zero-order valence-corrected chi connectivity index (χ0v) is 18.9. The molecule has 0 amide bonds. The van der Waals surface area contributed by atoms with Gasteiger partial charge in [-0.25, -0.2) is 19.9 Å². The van der Waals surface area contributed by atoms with Crippen molar-refractivity contribution in [2.75, 3.05) is 23.7 Å². The molecule has 1 fully saturated rings. The molecule has 0 bridgehead atoms.